The molecule has 7 nitrogen and oxygen atoms in total. The lowest BCUT2D eigenvalue weighted by Crippen LogP contribution is -2.49. The maximum absolute atomic E-state index is 13.3. The zero-order valence-corrected chi connectivity index (χ0v) is 20.2. The average Bonchev–Trinajstić information content (AvgIpc) is 3.35. The molecular weight excluding hydrogens is 418 g/mol. The molecule has 1 unspecified atom stereocenters. The van der Waals surface area contributed by atoms with E-state index in [2.05, 4.69) is 10.2 Å². The fourth-order valence-corrected chi connectivity index (χ4v) is 5.69. The molecule has 3 aliphatic rings. The summed E-state index contributed by atoms with van der Waals surface area (Å²) in [7, 11) is 3.33. The third-order valence-electron chi connectivity index (χ3n) is 7.64. The van der Waals surface area contributed by atoms with Gasteiger partial charge in [0.2, 0.25) is 11.8 Å². The van der Waals surface area contributed by atoms with Crippen molar-refractivity contribution in [2.45, 2.75) is 69.9 Å². The summed E-state index contributed by atoms with van der Waals surface area (Å²) in [6, 6.07) is 6.07. The lowest BCUT2D eigenvalue weighted by molar-refractivity contribution is -0.134. The van der Waals surface area contributed by atoms with Crippen molar-refractivity contribution < 1.29 is 19.1 Å². The number of carbonyl (C=O) groups is 2. The maximum atomic E-state index is 13.3. The second-order valence-electron chi connectivity index (χ2n) is 9.75. The maximum Gasteiger partial charge on any atom is 0.237 e. The predicted octanol–water partition coefficient (Wildman–Crippen LogP) is 3.53. The lowest BCUT2D eigenvalue weighted by Gasteiger charge is -2.35. The number of piperidine rings is 1. The van der Waals surface area contributed by atoms with Gasteiger partial charge in [-0.25, -0.2) is 0 Å². The Kier molecular flexibility index (Phi) is 8.12. The first-order chi connectivity index (χ1) is 16.1. The van der Waals surface area contributed by atoms with E-state index in [0.29, 0.717) is 6.54 Å². The van der Waals surface area contributed by atoms with Gasteiger partial charge in [0, 0.05) is 37.2 Å². The van der Waals surface area contributed by atoms with Crippen molar-refractivity contribution >= 4 is 11.8 Å². The zero-order valence-electron chi connectivity index (χ0n) is 20.2. The highest BCUT2D eigenvalue weighted by Gasteiger charge is 2.34. The molecule has 0 bridgehead atoms. The first-order valence-corrected chi connectivity index (χ1v) is 12.6. The van der Waals surface area contributed by atoms with Crippen LogP contribution in [0, 0.1) is 5.92 Å². The first kappa shape index (κ1) is 23.9. The van der Waals surface area contributed by atoms with E-state index in [1.165, 1.54) is 19.3 Å². The molecule has 2 amide bonds. The van der Waals surface area contributed by atoms with Gasteiger partial charge in [-0.15, -0.1) is 0 Å². The van der Waals surface area contributed by atoms with Gasteiger partial charge in [0.25, 0.3) is 0 Å². The van der Waals surface area contributed by atoms with E-state index in [9.17, 15) is 9.59 Å². The van der Waals surface area contributed by atoms with Crippen molar-refractivity contribution in [2.24, 2.45) is 5.92 Å². The largest absolute Gasteiger partial charge is 0.497 e. The molecule has 1 atom stereocenters. The number of rotatable bonds is 7. The molecule has 1 aromatic carbocycles. The van der Waals surface area contributed by atoms with E-state index in [1.54, 1.807) is 14.2 Å². The van der Waals surface area contributed by atoms with E-state index < -0.39 is 0 Å². The summed E-state index contributed by atoms with van der Waals surface area (Å²) >= 11 is 0. The Morgan fingerprint density at radius 1 is 0.939 bits per heavy atom. The molecule has 182 valence electrons. The van der Waals surface area contributed by atoms with Crippen LogP contribution < -0.4 is 14.8 Å². The Morgan fingerprint density at radius 3 is 2.39 bits per heavy atom. The van der Waals surface area contributed by atoms with Crippen molar-refractivity contribution in [3.05, 3.63) is 23.8 Å². The van der Waals surface area contributed by atoms with Gasteiger partial charge in [0.15, 0.2) is 0 Å². The number of methoxy groups -OCH3 is 2. The minimum atomic E-state index is 0.0230. The molecule has 2 heterocycles. The minimum Gasteiger partial charge on any atom is -0.497 e. The van der Waals surface area contributed by atoms with Gasteiger partial charge >= 0.3 is 0 Å². The summed E-state index contributed by atoms with van der Waals surface area (Å²) in [5.41, 5.74) is 1.02. The van der Waals surface area contributed by atoms with Crippen molar-refractivity contribution in [3.63, 3.8) is 0 Å². The molecule has 1 aliphatic carbocycles. The van der Waals surface area contributed by atoms with E-state index in [1.807, 2.05) is 23.1 Å². The predicted molar refractivity (Wildman–Crippen MR) is 127 cm³/mol. The normalized spacial score (nSPS) is 22.8. The molecule has 0 spiro atoms. The quantitative estimate of drug-likeness (QED) is 0.678. The average molecular weight is 458 g/mol. The van der Waals surface area contributed by atoms with Crippen LogP contribution in [0.3, 0.4) is 0 Å². The lowest BCUT2D eigenvalue weighted by atomic mass is 9.88. The summed E-state index contributed by atoms with van der Waals surface area (Å²) in [5.74, 6) is 2.21. The SMILES string of the molecule is COc1ccc(OC)c(C2CCCN2C(=O)CN2CCC(NC(=O)C3CCCCC3)CC2)c1. The van der Waals surface area contributed by atoms with Crippen LogP contribution >= 0.6 is 0 Å². The summed E-state index contributed by atoms with van der Waals surface area (Å²) < 4.78 is 11.0. The second kappa shape index (κ2) is 11.2. The molecule has 1 N–H and O–H groups in total. The Labute approximate surface area is 197 Å². The molecule has 2 aliphatic heterocycles. The van der Waals surface area contributed by atoms with Crippen molar-refractivity contribution in [3.8, 4) is 11.5 Å². The van der Waals surface area contributed by atoms with Crippen LogP contribution in [0.15, 0.2) is 18.2 Å². The van der Waals surface area contributed by atoms with Crippen LogP contribution in [0.5, 0.6) is 11.5 Å². The highest BCUT2D eigenvalue weighted by molar-refractivity contribution is 5.80. The van der Waals surface area contributed by atoms with Gasteiger partial charge in [0.1, 0.15) is 11.5 Å². The van der Waals surface area contributed by atoms with Crippen molar-refractivity contribution in [2.75, 3.05) is 40.4 Å². The topological polar surface area (TPSA) is 71.1 Å². The molecule has 0 radical (unpaired) electrons. The first-order valence-electron chi connectivity index (χ1n) is 12.6. The van der Waals surface area contributed by atoms with Crippen LogP contribution in [0.2, 0.25) is 0 Å². The summed E-state index contributed by atoms with van der Waals surface area (Å²) in [4.78, 5) is 30.1. The Morgan fingerprint density at radius 2 is 1.70 bits per heavy atom. The number of ether oxygens (including phenoxy) is 2. The second-order valence-corrected chi connectivity index (χ2v) is 9.75. The molecule has 2 saturated heterocycles. The molecule has 4 rings (SSSR count). The van der Waals surface area contributed by atoms with Crippen LogP contribution in [0.4, 0.5) is 0 Å². The number of hydrogen-bond donors (Lipinski definition) is 1. The van der Waals surface area contributed by atoms with Crippen LogP contribution in [-0.4, -0.2) is 68.1 Å². The number of nitrogens with zero attached hydrogens (tertiary/aromatic N) is 2. The third kappa shape index (κ3) is 5.81. The number of hydrogen-bond acceptors (Lipinski definition) is 5. The monoisotopic (exact) mass is 457 g/mol. The molecule has 1 saturated carbocycles. The van der Waals surface area contributed by atoms with E-state index >= 15 is 0 Å². The van der Waals surface area contributed by atoms with Gasteiger partial charge in [-0.1, -0.05) is 19.3 Å². The molecule has 0 aromatic heterocycles. The molecule has 3 fully saturated rings. The van der Waals surface area contributed by atoms with Gasteiger partial charge in [-0.3, -0.25) is 14.5 Å². The highest BCUT2D eigenvalue weighted by Crippen LogP contribution is 2.39. The molecule has 1 aromatic rings. The van der Waals surface area contributed by atoms with Crippen LogP contribution in [0.25, 0.3) is 0 Å². The minimum absolute atomic E-state index is 0.0230. The molecular formula is C26H39N3O4. The van der Waals surface area contributed by atoms with Gasteiger partial charge in [0.05, 0.1) is 26.8 Å². The van der Waals surface area contributed by atoms with Crippen LogP contribution in [-0.2, 0) is 9.59 Å². The van der Waals surface area contributed by atoms with E-state index in [4.69, 9.17) is 9.47 Å². The molecule has 33 heavy (non-hydrogen) atoms. The zero-order chi connectivity index (χ0) is 23.2. The number of amides is 2. The fourth-order valence-electron chi connectivity index (χ4n) is 5.69. The van der Waals surface area contributed by atoms with Crippen molar-refractivity contribution in [1.29, 1.82) is 0 Å². The number of carbonyl (C=O) groups excluding carboxylic acids is 2. The van der Waals surface area contributed by atoms with Gasteiger partial charge in [-0.05, 0) is 56.7 Å². The van der Waals surface area contributed by atoms with Gasteiger partial charge in [-0.2, -0.15) is 0 Å². The summed E-state index contributed by atoms with van der Waals surface area (Å²) in [6.07, 6.45) is 9.45. The Balaban J connectivity index is 1.29. The Hall–Kier alpha value is -2.28. The standard InChI is InChI=1S/C26H39N3O4/c1-32-21-10-11-24(33-2)22(17-21)23-9-6-14-29(23)25(30)18-28-15-12-20(13-16-28)27-26(31)19-7-4-3-5-8-19/h10-11,17,19-20,23H,3-9,12-16,18H2,1-2H3,(H,27,31). The molecule has 7 heteroatoms. The third-order valence-corrected chi connectivity index (χ3v) is 7.64. The highest BCUT2D eigenvalue weighted by atomic mass is 16.5. The smallest absolute Gasteiger partial charge is 0.237 e. The summed E-state index contributed by atoms with van der Waals surface area (Å²) in [5, 5.41) is 3.28. The number of likely N-dealkylation sites (tertiary alicyclic amines) is 2. The van der Waals surface area contributed by atoms with E-state index in [0.717, 1.165) is 75.2 Å². The van der Waals surface area contributed by atoms with E-state index in [-0.39, 0.29) is 29.8 Å². The fraction of sp³-hybridized carbons (Fsp3) is 0.692. The Bertz CT molecular complexity index is 816. The summed E-state index contributed by atoms with van der Waals surface area (Å²) in [6.45, 7) is 2.91. The van der Waals surface area contributed by atoms with Crippen LogP contribution in [0.1, 0.15) is 69.4 Å². The number of nitrogens with one attached hydrogen (secondary N) is 1. The van der Waals surface area contributed by atoms with Crippen molar-refractivity contribution in [1.82, 2.24) is 15.1 Å². The van der Waals surface area contributed by atoms with Gasteiger partial charge < -0.3 is 19.7 Å². The number of benzene rings is 1.